The number of carbonyl (C=O) groups is 2. The molecule has 8 nitrogen and oxygen atoms in total. The Morgan fingerprint density at radius 3 is 2.44 bits per heavy atom. The standard InChI is InChI=1S/C18H20N2O6S/c1-11-8-9-13(18(22)26-12(2)17(19)21)10-16(11)27(23,24)20-14-6-4-5-7-15(14)25-3/h4-10,12,20H,1-3H3,(H2,19,21)/t12-/m1/s1. The van der Waals surface area contributed by atoms with Gasteiger partial charge in [0, 0.05) is 0 Å². The first-order valence-electron chi connectivity index (χ1n) is 7.92. The quantitative estimate of drug-likeness (QED) is 0.693. The van der Waals surface area contributed by atoms with E-state index in [9.17, 15) is 18.0 Å². The molecule has 0 aliphatic heterocycles. The highest BCUT2D eigenvalue weighted by molar-refractivity contribution is 7.92. The number of esters is 1. The molecule has 0 unspecified atom stereocenters. The second kappa shape index (κ2) is 8.09. The summed E-state index contributed by atoms with van der Waals surface area (Å²) in [5.74, 6) is -1.30. The van der Waals surface area contributed by atoms with Crippen LogP contribution in [0.2, 0.25) is 0 Å². The molecule has 0 radical (unpaired) electrons. The number of rotatable bonds is 7. The van der Waals surface area contributed by atoms with E-state index >= 15 is 0 Å². The number of benzene rings is 2. The van der Waals surface area contributed by atoms with Gasteiger partial charge in [0.25, 0.3) is 15.9 Å². The third-order valence-corrected chi connectivity index (χ3v) is 5.26. The number of ether oxygens (including phenoxy) is 2. The van der Waals surface area contributed by atoms with Crippen LogP contribution in [0.25, 0.3) is 0 Å². The molecule has 0 bridgehead atoms. The molecule has 0 aromatic heterocycles. The largest absolute Gasteiger partial charge is 0.495 e. The van der Waals surface area contributed by atoms with Crippen LogP contribution >= 0.6 is 0 Å². The molecule has 9 heteroatoms. The number of carbonyl (C=O) groups excluding carboxylic acids is 2. The minimum Gasteiger partial charge on any atom is -0.495 e. The summed E-state index contributed by atoms with van der Waals surface area (Å²) in [4.78, 5) is 23.1. The van der Waals surface area contributed by atoms with Crippen molar-refractivity contribution < 1.29 is 27.5 Å². The molecule has 3 N–H and O–H groups in total. The van der Waals surface area contributed by atoms with Gasteiger partial charge in [0.2, 0.25) is 0 Å². The van der Waals surface area contributed by atoms with Gasteiger partial charge in [0.1, 0.15) is 5.75 Å². The van der Waals surface area contributed by atoms with Gasteiger partial charge in [-0.25, -0.2) is 13.2 Å². The Balaban J connectivity index is 2.36. The Morgan fingerprint density at radius 2 is 1.81 bits per heavy atom. The Labute approximate surface area is 157 Å². The van der Waals surface area contributed by atoms with Gasteiger partial charge in [-0.2, -0.15) is 0 Å². The summed E-state index contributed by atoms with van der Waals surface area (Å²) >= 11 is 0. The first-order chi connectivity index (χ1) is 12.7. The minimum absolute atomic E-state index is 0.0194. The average molecular weight is 392 g/mol. The summed E-state index contributed by atoms with van der Waals surface area (Å²) in [6.45, 7) is 2.92. The number of para-hydroxylation sites is 2. The van der Waals surface area contributed by atoms with Crippen molar-refractivity contribution in [2.24, 2.45) is 5.73 Å². The molecule has 2 aromatic rings. The van der Waals surface area contributed by atoms with E-state index in [0.29, 0.717) is 11.3 Å². The monoisotopic (exact) mass is 392 g/mol. The highest BCUT2D eigenvalue weighted by Gasteiger charge is 2.22. The van der Waals surface area contributed by atoms with Crippen molar-refractivity contribution in [3.63, 3.8) is 0 Å². The Hall–Kier alpha value is -3.07. The summed E-state index contributed by atoms with van der Waals surface area (Å²) in [5.41, 5.74) is 5.73. The molecule has 0 heterocycles. The molecule has 2 rings (SSSR count). The number of primary amides is 1. The fourth-order valence-corrected chi connectivity index (χ4v) is 3.57. The SMILES string of the molecule is COc1ccccc1NS(=O)(=O)c1cc(C(=O)O[C@H](C)C(N)=O)ccc1C. The summed E-state index contributed by atoms with van der Waals surface area (Å²) in [5, 5.41) is 0. The molecule has 1 atom stereocenters. The third kappa shape index (κ3) is 4.76. The molecular weight excluding hydrogens is 372 g/mol. The van der Waals surface area contributed by atoms with Gasteiger partial charge < -0.3 is 15.2 Å². The number of nitrogens with two attached hydrogens (primary N) is 1. The number of anilines is 1. The predicted molar refractivity (Wildman–Crippen MR) is 99.1 cm³/mol. The van der Waals surface area contributed by atoms with Crippen molar-refractivity contribution in [2.75, 3.05) is 11.8 Å². The Kier molecular flexibility index (Phi) is 6.06. The third-order valence-electron chi connectivity index (χ3n) is 3.75. The van der Waals surface area contributed by atoms with Crippen LogP contribution < -0.4 is 15.2 Å². The molecular formula is C18H20N2O6S. The second-order valence-corrected chi connectivity index (χ2v) is 7.39. The van der Waals surface area contributed by atoms with Gasteiger partial charge in [-0.3, -0.25) is 9.52 Å². The summed E-state index contributed by atoms with van der Waals surface area (Å²) < 4.78 is 38.1. The lowest BCUT2D eigenvalue weighted by Crippen LogP contribution is -2.30. The molecule has 0 aliphatic carbocycles. The number of sulfonamides is 1. The number of aryl methyl sites for hydroxylation is 1. The average Bonchev–Trinajstić information content (AvgIpc) is 2.61. The maximum Gasteiger partial charge on any atom is 0.338 e. The van der Waals surface area contributed by atoms with E-state index in [1.54, 1.807) is 31.2 Å². The predicted octanol–water partition coefficient (Wildman–Crippen LogP) is 1.84. The van der Waals surface area contributed by atoms with Crippen molar-refractivity contribution in [3.8, 4) is 5.75 Å². The molecule has 0 aliphatic rings. The summed E-state index contributed by atoms with van der Waals surface area (Å²) in [7, 11) is -2.58. The van der Waals surface area contributed by atoms with Gasteiger partial charge in [-0.15, -0.1) is 0 Å². The fourth-order valence-electron chi connectivity index (χ4n) is 2.23. The number of hydrogen-bond acceptors (Lipinski definition) is 6. The zero-order valence-electron chi connectivity index (χ0n) is 15.1. The lowest BCUT2D eigenvalue weighted by atomic mass is 10.1. The highest BCUT2D eigenvalue weighted by Crippen LogP contribution is 2.27. The fraction of sp³-hybridized carbons (Fsp3) is 0.222. The number of nitrogens with one attached hydrogen (secondary N) is 1. The molecule has 0 spiro atoms. The van der Waals surface area contributed by atoms with Crippen LogP contribution in [-0.4, -0.2) is 33.5 Å². The van der Waals surface area contributed by atoms with Crippen molar-refractivity contribution in [1.82, 2.24) is 0 Å². The van der Waals surface area contributed by atoms with Gasteiger partial charge in [0.15, 0.2) is 6.10 Å². The van der Waals surface area contributed by atoms with Crippen LogP contribution in [0.1, 0.15) is 22.8 Å². The molecule has 0 saturated heterocycles. The first kappa shape index (κ1) is 20.2. The maximum atomic E-state index is 12.8. The van der Waals surface area contributed by atoms with Crippen molar-refractivity contribution >= 4 is 27.6 Å². The molecule has 144 valence electrons. The topological polar surface area (TPSA) is 125 Å². The molecule has 27 heavy (non-hydrogen) atoms. The van der Waals surface area contributed by atoms with E-state index < -0.39 is 28.0 Å². The summed E-state index contributed by atoms with van der Waals surface area (Å²) in [6, 6.07) is 10.6. The first-order valence-corrected chi connectivity index (χ1v) is 9.41. The Bertz CT molecular complexity index is 972. The molecule has 0 fully saturated rings. The van der Waals surface area contributed by atoms with Crippen LogP contribution in [0.15, 0.2) is 47.4 Å². The van der Waals surface area contributed by atoms with Gasteiger partial charge >= 0.3 is 5.97 Å². The smallest absolute Gasteiger partial charge is 0.338 e. The van der Waals surface area contributed by atoms with Crippen LogP contribution in [0, 0.1) is 6.92 Å². The van der Waals surface area contributed by atoms with Crippen molar-refractivity contribution in [3.05, 3.63) is 53.6 Å². The van der Waals surface area contributed by atoms with E-state index in [2.05, 4.69) is 4.72 Å². The number of methoxy groups -OCH3 is 1. The number of amides is 1. The van der Waals surface area contributed by atoms with Gasteiger partial charge in [-0.1, -0.05) is 18.2 Å². The van der Waals surface area contributed by atoms with Crippen LogP contribution in [0.3, 0.4) is 0 Å². The van der Waals surface area contributed by atoms with Crippen molar-refractivity contribution in [2.45, 2.75) is 24.8 Å². The number of hydrogen-bond donors (Lipinski definition) is 2. The zero-order valence-corrected chi connectivity index (χ0v) is 15.9. The van der Waals surface area contributed by atoms with Crippen molar-refractivity contribution in [1.29, 1.82) is 0 Å². The molecule has 2 aromatic carbocycles. The lowest BCUT2D eigenvalue weighted by Gasteiger charge is -2.14. The maximum absolute atomic E-state index is 12.8. The highest BCUT2D eigenvalue weighted by atomic mass is 32.2. The van der Waals surface area contributed by atoms with E-state index in [4.69, 9.17) is 15.2 Å². The van der Waals surface area contributed by atoms with E-state index in [1.807, 2.05) is 0 Å². The van der Waals surface area contributed by atoms with E-state index in [0.717, 1.165) is 0 Å². The summed E-state index contributed by atoms with van der Waals surface area (Å²) in [6.07, 6.45) is -1.13. The zero-order chi connectivity index (χ0) is 20.2. The second-order valence-electron chi connectivity index (χ2n) is 5.74. The molecule has 0 saturated carbocycles. The van der Waals surface area contributed by atoms with Gasteiger partial charge in [0.05, 0.1) is 23.3 Å². The molecule has 1 amide bonds. The Morgan fingerprint density at radius 1 is 1.15 bits per heavy atom. The normalized spacial score (nSPS) is 12.1. The van der Waals surface area contributed by atoms with E-state index in [1.165, 1.54) is 32.2 Å². The van der Waals surface area contributed by atoms with Crippen LogP contribution in [0.4, 0.5) is 5.69 Å². The van der Waals surface area contributed by atoms with E-state index in [-0.39, 0.29) is 16.1 Å². The van der Waals surface area contributed by atoms with Crippen LogP contribution in [0.5, 0.6) is 5.75 Å². The lowest BCUT2D eigenvalue weighted by molar-refractivity contribution is -0.125. The van der Waals surface area contributed by atoms with Crippen LogP contribution in [-0.2, 0) is 19.6 Å². The minimum atomic E-state index is -4.01. The van der Waals surface area contributed by atoms with Gasteiger partial charge in [-0.05, 0) is 43.7 Å².